The molecule has 0 heterocycles. The van der Waals surface area contributed by atoms with Crippen LogP contribution >= 0.6 is 8.03 Å². The largest absolute Gasteiger partial charge is 0.505 e. The molecule has 0 bridgehead atoms. The molecule has 0 aromatic heterocycles. The molecule has 0 saturated heterocycles. The van der Waals surface area contributed by atoms with Gasteiger partial charge < -0.3 is 21.1 Å². The molecule has 0 spiro atoms. The Morgan fingerprint density at radius 1 is 1.00 bits per heavy atom. The van der Waals surface area contributed by atoms with Crippen LogP contribution in [0.2, 0.25) is 0 Å². The van der Waals surface area contributed by atoms with Crippen LogP contribution in [0, 0.1) is 0 Å². The van der Waals surface area contributed by atoms with Crippen LogP contribution in [0.15, 0.2) is 0 Å². The second kappa shape index (κ2) is 9.86. The van der Waals surface area contributed by atoms with E-state index in [1.807, 2.05) is 0 Å². The Balaban J connectivity index is 4.69. The van der Waals surface area contributed by atoms with Crippen molar-refractivity contribution in [2.75, 3.05) is 6.16 Å². The third kappa shape index (κ3) is 8.84. The number of aliphatic carboxylic acids is 1. The topological polar surface area (TPSA) is 162 Å². The molecule has 4 atom stereocenters. The number of hydrogen-bond donors (Lipinski definition) is 5. The molecule has 11 heteroatoms. The highest BCUT2D eigenvalue weighted by atomic mass is 31.1. The number of carboxylic acid groups (broad SMARTS) is 1. The predicted octanol–water partition coefficient (Wildman–Crippen LogP) is -1.29. The standard InChI is InChI=1S/C12H20N3O7P/c1-6(10(17)14-7(2)12(19)20)13-11(18)9(15-8(3)16)4-5-23(21)22/h6-7,9H,4-5H2,1-3H3,(H4-,13,14,15,16,17,18,19,20,21,22)/p+1. The van der Waals surface area contributed by atoms with Gasteiger partial charge >= 0.3 is 14.0 Å². The summed E-state index contributed by atoms with van der Waals surface area (Å²) >= 11 is 0. The Bertz CT molecular complexity index is 497. The van der Waals surface area contributed by atoms with E-state index in [1.165, 1.54) is 20.8 Å². The lowest BCUT2D eigenvalue weighted by Gasteiger charge is -2.20. The molecule has 0 aliphatic carbocycles. The Morgan fingerprint density at radius 3 is 1.96 bits per heavy atom. The van der Waals surface area contributed by atoms with E-state index < -0.39 is 49.8 Å². The number of carboxylic acids is 1. The second-order valence-corrected chi connectivity index (χ2v) is 6.07. The van der Waals surface area contributed by atoms with Gasteiger partial charge in [-0.2, -0.15) is 4.89 Å². The van der Waals surface area contributed by atoms with Crippen LogP contribution in [-0.4, -0.2) is 58.0 Å². The average molecular weight is 350 g/mol. The van der Waals surface area contributed by atoms with Gasteiger partial charge in [-0.15, -0.1) is 0 Å². The summed E-state index contributed by atoms with van der Waals surface area (Å²) < 4.78 is 10.7. The van der Waals surface area contributed by atoms with Crippen molar-refractivity contribution in [3.63, 3.8) is 0 Å². The van der Waals surface area contributed by atoms with Crippen molar-refractivity contribution in [1.82, 2.24) is 16.0 Å². The maximum Gasteiger partial charge on any atom is 0.505 e. The summed E-state index contributed by atoms with van der Waals surface area (Å²) in [4.78, 5) is 54.3. The van der Waals surface area contributed by atoms with Gasteiger partial charge in [-0.1, -0.05) is 0 Å². The zero-order valence-electron chi connectivity index (χ0n) is 13.0. The lowest BCUT2D eigenvalue weighted by Crippen LogP contribution is -2.54. The maximum absolute atomic E-state index is 12.0. The fraction of sp³-hybridized carbons (Fsp3) is 0.667. The van der Waals surface area contributed by atoms with Crippen LogP contribution in [0.1, 0.15) is 27.2 Å². The van der Waals surface area contributed by atoms with E-state index in [9.17, 15) is 23.7 Å². The highest BCUT2D eigenvalue weighted by Gasteiger charge is 2.27. The molecule has 0 aliphatic heterocycles. The van der Waals surface area contributed by atoms with Crippen LogP contribution in [-0.2, 0) is 23.7 Å². The second-order valence-electron chi connectivity index (χ2n) is 4.92. The minimum absolute atomic E-state index is 0.0724. The molecule has 4 unspecified atom stereocenters. The van der Waals surface area contributed by atoms with Crippen molar-refractivity contribution in [2.45, 2.75) is 45.3 Å². The first-order chi connectivity index (χ1) is 10.5. The van der Waals surface area contributed by atoms with Crippen molar-refractivity contribution in [3.05, 3.63) is 0 Å². The predicted molar refractivity (Wildman–Crippen MR) is 79.8 cm³/mol. The summed E-state index contributed by atoms with van der Waals surface area (Å²) in [5.74, 6) is -3.14. The fourth-order valence-electron chi connectivity index (χ4n) is 1.53. The molecular formula is C12H21N3O7P+. The van der Waals surface area contributed by atoms with Crippen molar-refractivity contribution in [1.29, 1.82) is 0 Å². The van der Waals surface area contributed by atoms with Crippen LogP contribution < -0.4 is 16.0 Å². The van der Waals surface area contributed by atoms with Gasteiger partial charge in [0.15, 0.2) is 6.16 Å². The van der Waals surface area contributed by atoms with Crippen LogP contribution in [0.4, 0.5) is 0 Å². The molecule has 0 aliphatic rings. The molecule has 3 amide bonds. The first-order valence-electron chi connectivity index (χ1n) is 6.78. The summed E-state index contributed by atoms with van der Waals surface area (Å²) in [6, 6.07) is -3.22. The minimum Gasteiger partial charge on any atom is -0.480 e. The molecule has 0 saturated carbocycles. The van der Waals surface area contributed by atoms with Gasteiger partial charge in [0.05, 0.1) is 0 Å². The quantitative estimate of drug-likeness (QED) is 0.323. The SMILES string of the molecule is CC(=O)NC(CC[P+](=O)O)C(=O)NC(C)C(=O)NC(C)C(=O)O. The molecule has 5 N–H and O–H groups in total. The zero-order valence-corrected chi connectivity index (χ0v) is 13.9. The summed E-state index contributed by atoms with van der Waals surface area (Å²) in [5.41, 5.74) is 0. The van der Waals surface area contributed by atoms with Gasteiger partial charge in [0.1, 0.15) is 18.1 Å². The van der Waals surface area contributed by atoms with E-state index in [4.69, 9.17) is 10.00 Å². The van der Waals surface area contributed by atoms with Gasteiger partial charge in [-0.05, 0) is 18.4 Å². The number of carbonyl (C=O) groups excluding carboxylic acids is 3. The van der Waals surface area contributed by atoms with Crippen molar-refractivity contribution in [2.24, 2.45) is 0 Å². The Morgan fingerprint density at radius 2 is 1.52 bits per heavy atom. The lowest BCUT2D eigenvalue weighted by molar-refractivity contribution is -0.141. The van der Waals surface area contributed by atoms with Crippen molar-refractivity contribution >= 4 is 31.7 Å². The van der Waals surface area contributed by atoms with E-state index in [-0.39, 0.29) is 12.6 Å². The van der Waals surface area contributed by atoms with Crippen LogP contribution in [0.5, 0.6) is 0 Å². The molecule has 0 aromatic rings. The molecule has 130 valence electrons. The molecule has 0 rings (SSSR count). The van der Waals surface area contributed by atoms with Gasteiger partial charge in [-0.25, -0.2) is 0 Å². The fourth-order valence-corrected chi connectivity index (χ4v) is 2.01. The number of rotatable bonds is 9. The van der Waals surface area contributed by atoms with Gasteiger partial charge in [0.2, 0.25) is 17.7 Å². The number of hydrogen-bond acceptors (Lipinski definition) is 5. The number of carbonyl (C=O) groups is 4. The third-order valence-electron chi connectivity index (χ3n) is 2.78. The normalized spacial score (nSPS) is 14.9. The first kappa shape index (κ1) is 20.9. The van der Waals surface area contributed by atoms with Crippen molar-refractivity contribution < 1.29 is 33.7 Å². The van der Waals surface area contributed by atoms with Crippen molar-refractivity contribution in [3.8, 4) is 0 Å². The molecule has 0 radical (unpaired) electrons. The Kier molecular flexibility index (Phi) is 8.97. The highest BCUT2D eigenvalue weighted by molar-refractivity contribution is 7.37. The number of nitrogens with one attached hydrogen (secondary N) is 3. The van der Waals surface area contributed by atoms with Crippen LogP contribution in [0.3, 0.4) is 0 Å². The van der Waals surface area contributed by atoms with Gasteiger partial charge in [-0.3, -0.25) is 19.2 Å². The van der Waals surface area contributed by atoms with Gasteiger partial charge in [0.25, 0.3) is 0 Å². The third-order valence-corrected chi connectivity index (χ3v) is 3.43. The average Bonchev–Trinajstić information content (AvgIpc) is 2.42. The van der Waals surface area contributed by atoms with Crippen LogP contribution in [0.25, 0.3) is 0 Å². The summed E-state index contributed by atoms with van der Waals surface area (Å²) in [5, 5.41) is 15.5. The Labute approximate surface area is 133 Å². The molecule has 0 fully saturated rings. The first-order valence-corrected chi connectivity index (χ1v) is 8.18. The summed E-state index contributed by atoms with van der Waals surface area (Å²) in [7, 11) is -2.46. The van der Waals surface area contributed by atoms with Gasteiger partial charge in [0, 0.05) is 13.3 Å². The zero-order chi connectivity index (χ0) is 18.2. The van der Waals surface area contributed by atoms with E-state index in [1.54, 1.807) is 0 Å². The molecule has 10 nitrogen and oxygen atoms in total. The Hall–Kier alpha value is -2.06. The van der Waals surface area contributed by atoms with E-state index in [0.717, 1.165) is 0 Å². The smallest absolute Gasteiger partial charge is 0.480 e. The van der Waals surface area contributed by atoms with E-state index in [0.29, 0.717) is 0 Å². The highest BCUT2D eigenvalue weighted by Crippen LogP contribution is 2.15. The minimum atomic E-state index is -2.46. The monoisotopic (exact) mass is 350 g/mol. The van der Waals surface area contributed by atoms with E-state index >= 15 is 0 Å². The lowest BCUT2D eigenvalue weighted by atomic mass is 10.2. The molecule has 0 aromatic carbocycles. The van der Waals surface area contributed by atoms with E-state index in [2.05, 4.69) is 16.0 Å². The summed E-state index contributed by atoms with van der Waals surface area (Å²) in [6.45, 7) is 3.80. The molecular weight excluding hydrogens is 329 g/mol. The maximum atomic E-state index is 12.0. The summed E-state index contributed by atoms with van der Waals surface area (Å²) in [6.07, 6.45) is -0.263. The number of amides is 3. The molecule has 23 heavy (non-hydrogen) atoms.